The molecule has 0 radical (unpaired) electrons. The van der Waals surface area contributed by atoms with E-state index in [0.29, 0.717) is 18.3 Å². The van der Waals surface area contributed by atoms with Gasteiger partial charge in [0.05, 0.1) is 16.7 Å². The SMILES string of the molecule is Cc1cccc(CNc2nc(NN)ncc2Br)n1. The van der Waals surface area contributed by atoms with Crippen LogP contribution in [0.25, 0.3) is 0 Å². The smallest absolute Gasteiger partial charge is 0.239 e. The number of hydrogen-bond acceptors (Lipinski definition) is 6. The molecule has 0 atom stereocenters. The highest BCUT2D eigenvalue weighted by Crippen LogP contribution is 2.20. The maximum Gasteiger partial charge on any atom is 0.239 e. The Morgan fingerprint density at radius 2 is 2.17 bits per heavy atom. The molecule has 7 heteroatoms. The average Bonchev–Trinajstić information content (AvgIpc) is 2.38. The molecule has 18 heavy (non-hydrogen) atoms. The second kappa shape index (κ2) is 5.74. The van der Waals surface area contributed by atoms with E-state index < -0.39 is 0 Å². The lowest BCUT2D eigenvalue weighted by atomic mass is 10.3. The van der Waals surface area contributed by atoms with Crippen LogP contribution in [0.4, 0.5) is 11.8 Å². The minimum absolute atomic E-state index is 0.359. The minimum Gasteiger partial charge on any atom is -0.363 e. The van der Waals surface area contributed by atoms with Gasteiger partial charge in [-0.15, -0.1) is 0 Å². The van der Waals surface area contributed by atoms with Crippen molar-refractivity contribution in [2.24, 2.45) is 5.84 Å². The molecule has 0 amide bonds. The Balaban J connectivity index is 2.10. The molecule has 2 aromatic rings. The molecule has 94 valence electrons. The highest BCUT2D eigenvalue weighted by molar-refractivity contribution is 9.10. The summed E-state index contributed by atoms with van der Waals surface area (Å²) in [5.74, 6) is 6.29. The molecule has 0 fully saturated rings. The van der Waals surface area contributed by atoms with Crippen LogP contribution in [0, 0.1) is 6.92 Å². The second-order valence-corrected chi connectivity index (χ2v) is 4.51. The van der Waals surface area contributed by atoms with Crippen LogP contribution in [0.5, 0.6) is 0 Å². The van der Waals surface area contributed by atoms with Gasteiger partial charge in [-0.05, 0) is 35.0 Å². The predicted molar refractivity (Wildman–Crippen MR) is 73.8 cm³/mol. The molecule has 0 saturated heterocycles. The number of aryl methyl sites for hydroxylation is 1. The van der Waals surface area contributed by atoms with Gasteiger partial charge in [0.2, 0.25) is 5.95 Å². The van der Waals surface area contributed by atoms with Gasteiger partial charge in [0.25, 0.3) is 0 Å². The number of hydrogen-bond donors (Lipinski definition) is 3. The minimum atomic E-state index is 0.359. The quantitative estimate of drug-likeness (QED) is 0.590. The van der Waals surface area contributed by atoms with Crippen molar-refractivity contribution < 1.29 is 0 Å². The molecule has 0 aliphatic rings. The first-order valence-electron chi connectivity index (χ1n) is 5.34. The third-order valence-electron chi connectivity index (χ3n) is 2.26. The molecule has 0 aliphatic heterocycles. The summed E-state index contributed by atoms with van der Waals surface area (Å²) in [7, 11) is 0. The zero-order valence-corrected chi connectivity index (χ0v) is 11.4. The van der Waals surface area contributed by atoms with Gasteiger partial charge in [0, 0.05) is 11.9 Å². The topological polar surface area (TPSA) is 88.8 Å². The number of rotatable bonds is 4. The van der Waals surface area contributed by atoms with Crippen LogP contribution in [0.1, 0.15) is 11.4 Å². The number of nitrogens with zero attached hydrogens (tertiary/aromatic N) is 3. The molecule has 0 aromatic carbocycles. The second-order valence-electron chi connectivity index (χ2n) is 3.66. The first-order valence-corrected chi connectivity index (χ1v) is 6.14. The number of pyridine rings is 1. The number of nitrogens with one attached hydrogen (secondary N) is 2. The van der Waals surface area contributed by atoms with Crippen molar-refractivity contribution in [1.82, 2.24) is 15.0 Å². The number of nitrogens with two attached hydrogens (primary N) is 1. The Labute approximate surface area is 113 Å². The third-order valence-corrected chi connectivity index (χ3v) is 2.84. The highest BCUT2D eigenvalue weighted by atomic mass is 79.9. The zero-order chi connectivity index (χ0) is 13.0. The summed E-state index contributed by atoms with van der Waals surface area (Å²) in [6.45, 7) is 2.54. The van der Waals surface area contributed by atoms with Gasteiger partial charge in [-0.1, -0.05) is 6.07 Å². The molecule has 6 nitrogen and oxygen atoms in total. The molecular weight excluding hydrogens is 296 g/mol. The molecular formula is C11H13BrN6. The molecule has 0 bridgehead atoms. The number of nitrogen functional groups attached to an aromatic ring is 1. The molecule has 2 aromatic heterocycles. The van der Waals surface area contributed by atoms with Gasteiger partial charge in [-0.25, -0.2) is 10.8 Å². The highest BCUT2D eigenvalue weighted by Gasteiger charge is 2.04. The van der Waals surface area contributed by atoms with Crippen molar-refractivity contribution in [1.29, 1.82) is 0 Å². The van der Waals surface area contributed by atoms with Crippen LogP contribution in [-0.2, 0) is 6.54 Å². The van der Waals surface area contributed by atoms with Crippen molar-refractivity contribution in [3.05, 3.63) is 40.3 Å². The summed E-state index contributed by atoms with van der Waals surface area (Å²) in [4.78, 5) is 12.6. The number of halogens is 1. The Bertz CT molecular complexity index is 545. The maximum atomic E-state index is 5.27. The van der Waals surface area contributed by atoms with Crippen LogP contribution >= 0.6 is 15.9 Å². The van der Waals surface area contributed by atoms with Gasteiger partial charge in [0.1, 0.15) is 5.82 Å². The Kier molecular flexibility index (Phi) is 4.06. The van der Waals surface area contributed by atoms with Gasteiger partial charge in [-0.2, -0.15) is 4.98 Å². The van der Waals surface area contributed by atoms with E-state index in [2.05, 4.69) is 41.6 Å². The van der Waals surface area contributed by atoms with Crippen molar-refractivity contribution in [3.63, 3.8) is 0 Å². The fourth-order valence-corrected chi connectivity index (χ4v) is 1.76. The largest absolute Gasteiger partial charge is 0.363 e. The molecule has 2 heterocycles. The van der Waals surface area contributed by atoms with E-state index in [1.54, 1.807) is 6.20 Å². The van der Waals surface area contributed by atoms with Crippen LogP contribution in [0.2, 0.25) is 0 Å². The van der Waals surface area contributed by atoms with Crippen LogP contribution < -0.4 is 16.6 Å². The first-order chi connectivity index (χ1) is 8.69. The lowest BCUT2D eigenvalue weighted by molar-refractivity contribution is 0.992. The summed E-state index contributed by atoms with van der Waals surface area (Å²) in [5.41, 5.74) is 4.34. The Morgan fingerprint density at radius 3 is 2.89 bits per heavy atom. The van der Waals surface area contributed by atoms with E-state index in [-0.39, 0.29) is 0 Å². The van der Waals surface area contributed by atoms with Gasteiger partial charge < -0.3 is 5.32 Å². The van der Waals surface area contributed by atoms with E-state index in [4.69, 9.17) is 5.84 Å². The number of anilines is 2. The van der Waals surface area contributed by atoms with Crippen LogP contribution in [-0.4, -0.2) is 15.0 Å². The molecule has 0 unspecified atom stereocenters. The number of aromatic nitrogens is 3. The van der Waals surface area contributed by atoms with E-state index in [9.17, 15) is 0 Å². The van der Waals surface area contributed by atoms with Crippen LogP contribution in [0.3, 0.4) is 0 Å². The summed E-state index contributed by atoms with van der Waals surface area (Å²) < 4.78 is 0.772. The van der Waals surface area contributed by atoms with Gasteiger partial charge in [-0.3, -0.25) is 10.4 Å². The van der Waals surface area contributed by atoms with E-state index in [1.165, 1.54) is 0 Å². The van der Waals surface area contributed by atoms with Crippen LogP contribution in [0.15, 0.2) is 28.9 Å². The Morgan fingerprint density at radius 1 is 1.33 bits per heavy atom. The molecule has 0 saturated carbocycles. The van der Waals surface area contributed by atoms with Crippen molar-refractivity contribution >= 4 is 27.7 Å². The average molecular weight is 309 g/mol. The van der Waals surface area contributed by atoms with Crippen molar-refractivity contribution in [2.45, 2.75) is 13.5 Å². The molecule has 0 spiro atoms. The lowest BCUT2D eigenvalue weighted by Gasteiger charge is -2.08. The standard InChI is InChI=1S/C11H13BrN6/c1-7-3-2-4-8(16-7)5-14-10-9(12)6-15-11(17-10)18-13/h2-4,6H,5,13H2,1H3,(H2,14,15,17,18). The number of hydrazine groups is 1. The Hall–Kier alpha value is -1.73. The fraction of sp³-hybridized carbons (Fsp3) is 0.182. The maximum absolute atomic E-state index is 5.27. The zero-order valence-electron chi connectivity index (χ0n) is 9.81. The molecule has 4 N–H and O–H groups in total. The van der Waals surface area contributed by atoms with Gasteiger partial charge >= 0.3 is 0 Å². The fourth-order valence-electron chi connectivity index (χ4n) is 1.43. The van der Waals surface area contributed by atoms with Crippen molar-refractivity contribution in [2.75, 3.05) is 10.7 Å². The summed E-state index contributed by atoms with van der Waals surface area (Å²) >= 11 is 3.37. The molecule has 2 rings (SSSR count). The molecule has 0 aliphatic carbocycles. The normalized spacial score (nSPS) is 10.2. The monoisotopic (exact) mass is 308 g/mol. The van der Waals surface area contributed by atoms with E-state index in [0.717, 1.165) is 15.9 Å². The summed E-state index contributed by atoms with van der Waals surface area (Å²) in [6, 6.07) is 5.89. The van der Waals surface area contributed by atoms with E-state index in [1.807, 2.05) is 25.1 Å². The third kappa shape index (κ3) is 3.14. The predicted octanol–water partition coefficient (Wildman–Crippen LogP) is 1.84. The summed E-state index contributed by atoms with van der Waals surface area (Å²) in [6.07, 6.45) is 1.63. The lowest BCUT2D eigenvalue weighted by Crippen LogP contribution is -2.12. The van der Waals surface area contributed by atoms with E-state index >= 15 is 0 Å². The van der Waals surface area contributed by atoms with Crippen molar-refractivity contribution in [3.8, 4) is 0 Å². The first kappa shape index (κ1) is 12.7. The van der Waals surface area contributed by atoms with Gasteiger partial charge in [0.15, 0.2) is 0 Å². The summed E-state index contributed by atoms with van der Waals surface area (Å²) in [5, 5.41) is 3.18.